The van der Waals surface area contributed by atoms with E-state index in [2.05, 4.69) is 21.9 Å². The molecule has 11 nitrogen and oxygen atoms in total. The van der Waals surface area contributed by atoms with Crippen LogP contribution in [0.1, 0.15) is 13.3 Å². The van der Waals surface area contributed by atoms with E-state index in [0.717, 1.165) is 43.1 Å². The maximum absolute atomic E-state index is 13.7. The molecule has 4 rings (SSSR count). The molecule has 0 saturated carbocycles. The van der Waals surface area contributed by atoms with Crippen LogP contribution in [0.25, 0.3) is 0 Å². The number of allylic oxidation sites excluding steroid dienone is 2. The van der Waals surface area contributed by atoms with Crippen LogP contribution >= 0.6 is 0 Å². The van der Waals surface area contributed by atoms with Crippen LogP contribution in [0.2, 0.25) is 0 Å². The summed E-state index contributed by atoms with van der Waals surface area (Å²) in [7, 11) is 1.77. The van der Waals surface area contributed by atoms with Gasteiger partial charge in [-0.05, 0) is 0 Å². The van der Waals surface area contributed by atoms with Gasteiger partial charge in [-0.2, -0.15) is 0 Å². The Morgan fingerprint density at radius 2 is 1.95 bits per heavy atom. The van der Waals surface area contributed by atoms with Gasteiger partial charge in [0, 0.05) is 19.6 Å². The molecule has 0 aromatic heterocycles. The number of nitrogens with one attached hydrogen (secondary N) is 1. The Labute approximate surface area is 229 Å². The van der Waals surface area contributed by atoms with Crippen LogP contribution < -0.4 is 37.4 Å². The van der Waals surface area contributed by atoms with Crippen LogP contribution in [0.15, 0.2) is 52.3 Å². The molecule has 2 amide bonds. The second-order valence-corrected chi connectivity index (χ2v) is 11.1. The predicted octanol–water partition coefficient (Wildman–Crippen LogP) is -1.56. The number of aliphatic hydroxyl groups excluding tert-OH is 1. The van der Waals surface area contributed by atoms with E-state index in [1.54, 1.807) is 22.9 Å². The number of β-amino-alcohol motifs (C(OH)–C–C–N with tert-alkyl or cyclic N) is 1. The maximum atomic E-state index is 13.7. The Morgan fingerprint density at radius 1 is 1.22 bits per heavy atom. The molecule has 0 spiro atoms. The quantitative estimate of drug-likeness (QED) is 0.191. The van der Waals surface area contributed by atoms with Gasteiger partial charge in [0.25, 0.3) is 0 Å². The number of rotatable bonds is 7. The number of hydrogen-bond donors (Lipinski definition) is 3. The Hall–Kier alpha value is -2.68. The zero-order valence-corrected chi connectivity index (χ0v) is 23.6. The fraction of sp³-hybridized carbons (Fsp3) is 0.480. The molecule has 0 unspecified atom stereocenters. The number of likely N-dealkylation sites (tertiary alicyclic amines) is 1. The summed E-state index contributed by atoms with van der Waals surface area (Å²) in [6.07, 6.45) is 3.60. The summed E-state index contributed by atoms with van der Waals surface area (Å²) in [5, 5.41) is 21.6. The van der Waals surface area contributed by atoms with Crippen LogP contribution in [0, 0.1) is 5.41 Å². The summed E-state index contributed by atoms with van der Waals surface area (Å²) in [6, 6.07) is 7.87. The number of amidine groups is 1. The summed E-state index contributed by atoms with van der Waals surface area (Å²) in [4.78, 5) is 21.6. The monoisotopic (exact) mass is 623 g/mol. The van der Waals surface area contributed by atoms with Crippen LogP contribution in [-0.2, 0) is 3.07 Å². The summed E-state index contributed by atoms with van der Waals surface area (Å²) in [6.45, 7) is 8.21. The van der Waals surface area contributed by atoms with Gasteiger partial charge in [0.05, 0.1) is 6.61 Å². The SMILES string of the molecule is C/C=C(\C=N)C(N)=C1CCN(C(=O)N(C)c2ccc(N3CCN(CCO)CC3)cc2)C1=NN1CCO[I-]1. The fourth-order valence-electron chi connectivity index (χ4n) is 4.60. The molecule has 0 atom stereocenters. The fourth-order valence-corrected chi connectivity index (χ4v) is 6.01. The van der Waals surface area contributed by atoms with Crippen LogP contribution in [0.4, 0.5) is 16.2 Å². The number of urea groups is 1. The molecule has 0 bridgehead atoms. The number of carbonyl (C=O) groups excluding carboxylic acids is 1. The van der Waals surface area contributed by atoms with Crippen molar-refractivity contribution in [3.8, 4) is 0 Å². The molecular weight excluding hydrogens is 587 g/mol. The van der Waals surface area contributed by atoms with Crippen molar-refractivity contribution in [1.29, 1.82) is 5.41 Å². The number of benzene rings is 1. The number of nitrogens with zero attached hydrogens (tertiary/aromatic N) is 6. The van der Waals surface area contributed by atoms with Gasteiger partial charge < -0.3 is 5.11 Å². The average molecular weight is 624 g/mol. The van der Waals surface area contributed by atoms with Crippen molar-refractivity contribution in [2.24, 2.45) is 10.8 Å². The number of carbonyl (C=O) groups is 1. The van der Waals surface area contributed by atoms with E-state index in [-0.39, 0.29) is 12.6 Å². The van der Waals surface area contributed by atoms with Gasteiger partial charge in [0.2, 0.25) is 0 Å². The first-order valence-electron chi connectivity index (χ1n) is 12.5. The van der Waals surface area contributed by atoms with Gasteiger partial charge in [-0.15, -0.1) is 0 Å². The van der Waals surface area contributed by atoms with Crippen molar-refractivity contribution in [2.75, 3.05) is 75.9 Å². The van der Waals surface area contributed by atoms with E-state index in [1.165, 1.54) is 6.21 Å². The minimum atomic E-state index is -0.669. The molecule has 4 N–H and O–H groups in total. The number of aliphatic hydroxyl groups is 1. The summed E-state index contributed by atoms with van der Waals surface area (Å²) >= 11 is -0.669. The molecule has 0 radical (unpaired) electrons. The normalized spacial score (nSPS) is 21.9. The number of nitrogens with two attached hydrogens (primary N) is 1. The Kier molecular flexibility index (Phi) is 9.40. The van der Waals surface area contributed by atoms with E-state index in [9.17, 15) is 4.79 Å². The zero-order valence-electron chi connectivity index (χ0n) is 21.4. The molecule has 3 fully saturated rings. The van der Waals surface area contributed by atoms with Gasteiger partial charge in [-0.3, -0.25) is 4.90 Å². The second kappa shape index (κ2) is 12.7. The van der Waals surface area contributed by atoms with E-state index in [4.69, 9.17) is 24.4 Å². The molecule has 3 heterocycles. The van der Waals surface area contributed by atoms with E-state index in [0.29, 0.717) is 49.8 Å². The van der Waals surface area contributed by atoms with Gasteiger partial charge in [0.15, 0.2) is 0 Å². The van der Waals surface area contributed by atoms with E-state index < -0.39 is 21.9 Å². The molecule has 3 saturated heterocycles. The zero-order chi connectivity index (χ0) is 26.4. The van der Waals surface area contributed by atoms with Crippen molar-refractivity contribution >= 4 is 29.5 Å². The van der Waals surface area contributed by atoms with Gasteiger partial charge >= 0.3 is 194 Å². The first-order chi connectivity index (χ1) is 18.0. The number of halogens is 1. The minimum absolute atomic E-state index is 0.179. The van der Waals surface area contributed by atoms with Crippen molar-refractivity contribution in [1.82, 2.24) is 13.0 Å². The van der Waals surface area contributed by atoms with Gasteiger partial charge in [-0.25, -0.2) is 0 Å². The van der Waals surface area contributed by atoms with Crippen LogP contribution in [0.5, 0.6) is 0 Å². The summed E-state index contributed by atoms with van der Waals surface area (Å²) in [5.74, 6) is 0.540. The second-order valence-electron chi connectivity index (χ2n) is 8.96. The molecule has 12 heteroatoms. The molecule has 3 aliphatic rings. The summed E-state index contributed by atoms with van der Waals surface area (Å²) < 4.78 is 7.45. The van der Waals surface area contributed by atoms with E-state index in [1.807, 2.05) is 22.3 Å². The molecule has 3 aliphatic heterocycles. The molecule has 37 heavy (non-hydrogen) atoms. The van der Waals surface area contributed by atoms with Crippen LogP contribution in [-0.4, -0.2) is 102 Å². The third-order valence-corrected chi connectivity index (χ3v) is 8.68. The van der Waals surface area contributed by atoms with E-state index >= 15 is 0 Å². The number of hydrazone groups is 1. The summed E-state index contributed by atoms with van der Waals surface area (Å²) in [5.41, 5.74) is 10.2. The van der Waals surface area contributed by atoms with Crippen LogP contribution in [0.3, 0.4) is 0 Å². The number of piperazine rings is 1. The van der Waals surface area contributed by atoms with Crippen molar-refractivity contribution in [3.63, 3.8) is 0 Å². The molecule has 1 aromatic rings. The number of hydrogen-bond acceptors (Lipinski definition) is 9. The molecule has 1 aromatic carbocycles. The van der Waals surface area contributed by atoms with Gasteiger partial charge in [0.1, 0.15) is 0 Å². The molecule has 0 aliphatic carbocycles. The van der Waals surface area contributed by atoms with Crippen molar-refractivity contribution < 1.29 is 34.9 Å². The number of amides is 2. The first-order valence-corrected chi connectivity index (χ1v) is 14.3. The number of anilines is 2. The Bertz CT molecular complexity index is 1060. The first kappa shape index (κ1) is 27.4. The standard InChI is InChI=1S/C25H36IN8O3/c1-3-19(18-27)23(28)22-8-9-33(24(22)29-34-15-17-37-26-34)25(36)30(2)20-4-6-21(7-5-20)32-12-10-31(11-13-32)14-16-35/h3-7,18,27,35H,8-17,28H2,1-2H3/q-1/b19-3+,23-22?,27-18?,29-24?. The third-order valence-electron chi connectivity index (χ3n) is 6.81. The molecule has 202 valence electrons. The Balaban J connectivity index is 1.51. The van der Waals surface area contributed by atoms with Crippen molar-refractivity contribution in [3.05, 3.63) is 47.2 Å². The average Bonchev–Trinajstić information content (AvgIpc) is 3.60. The van der Waals surface area contributed by atoms with Crippen molar-refractivity contribution in [2.45, 2.75) is 13.3 Å². The Morgan fingerprint density at radius 3 is 2.54 bits per heavy atom. The predicted molar refractivity (Wildman–Crippen MR) is 141 cm³/mol. The molecular formula is C25H36IN8O3-. The third kappa shape index (κ3) is 6.25. The van der Waals surface area contributed by atoms with Gasteiger partial charge in [-0.1, -0.05) is 0 Å². The topological polar surface area (TPSA) is 125 Å².